The first kappa shape index (κ1) is 17.0. The predicted molar refractivity (Wildman–Crippen MR) is 96.6 cm³/mol. The summed E-state index contributed by atoms with van der Waals surface area (Å²) in [6, 6.07) is 16.9. The minimum Gasteiger partial charge on any atom is -0.342 e. The van der Waals surface area contributed by atoms with E-state index in [0.717, 1.165) is 37.2 Å². The van der Waals surface area contributed by atoms with Crippen molar-refractivity contribution in [3.8, 4) is 0 Å². The highest BCUT2D eigenvalue weighted by atomic mass is 32.2. The van der Waals surface area contributed by atoms with Crippen LogP contribution in [0.1, 0.15) is 18.4 Å². The average molecular weight is 343 g/mol. The predicted octanol–water partition coefficient (Wildman–Crippen LogP) is 4.40. The van der Waals surface area contributed by atoms with Crippen molar-refractivity contribution in [2.24, 2.45) is 5.92 Å². The van der Waals surface area contributed by atoms with E-state index < -0.39 is 0 Å². The Morgan fingerprint density at radius 3 is 2.38 bits per heavy atom. The quantitative estimate of drug-likeness (QED) is 0.750. The molecule has 2 nitrogen and oxygen atoms in total. The summed E-state index contributed by atoms with van der Waals surface area (Å²) in [6.45, 7) is 1.70. The SMILES string of the molecule is O=C(CSc1ccc(F)cc1)N1CCC(Cc2ccccc2)CC1. The van der Waals surface area contributed by atoms with E-state index in [-0.39, 0.29) is 11.7 Å². The van der Waals surface area contributed by atoms with Gasteiger partial charge in [0.15, 0.2) is 0 Å². The van der Waals surface area contributed by atoms with Crippen LogP contribution in [0.25, 0.3) is 0 Å². The van der Waals surface area contributed by atoms with Crippen LogP contribution in [0.15, 0.2) is 59.5 Å². The van der Waals surface area contributed by atoms with Crippen molar-refractivity contribution in [1.82, 2.24) is 4.90 Å². The number of nitrogens with zero attached hydrogens (tertiary/aromatic N) is 1. The van der Waals surface area contributed by atoms with Gasteiger partial charge in [-0.1, -0.05) is 30.3 Å². The van der Waals surface area contributed by atoms with Gasteiger partial charge in [0, 0.05) is 18.0 Å². The van der Waals surface area contributed by atoms with Crippen LogP contribution in [0.5, 0.6) is 0 Å². The van der Waals surface area contributed by atoms with Gasteiger partial charge < -0.3 is 4.90 Å². The number of piperidine rings is 1. The zero-order valence-corrected chi connectivity index (χ0v) is 14.5. The lowest BCUT2D eigenvalue weighted by atomic mass is 9.90. The number of carbonyl (C=O) groups excluding carboxylic acids is 1. The zero-order valence-electron chi connectivity index (χ0n) is 13.7. The molecule has 1 heterocycles. The van der Waals surface area contributed by atoms with Gasteiger partial charge in [-0.25, -0.2) is 4.39 Å². The van der Waals surface area contributed by atoms with Gasteiger partial charge >= 0.3 is 0 Å². The topological polar surface area (TPSA) is 20.3 Å². The second-order valence-corrected chi connectivity index (χ2v) is 7.31. The van der Waals surface area contributed by atoms with E-state index in [9.17, 15) is 9.18 Å². The Morgan fingerprint density at radius 1 is 1.04 bits per heavy atom. The lowest BCUT2D eigenvalue weighted by molar-refractivity contribution is -0.129. The van der Waals surface area contributed by atoms with Crippen molar-refractivity contribution in [3.05, 3.63) is 66.0 Å². The zero-order chi connectivity index (χ0) is 16.8. The van der Waals surface area contributed by atoms with Crippen LogP contribution in [0, 0.1) is 11.7 Å². The Labute approximate surface area is 147 Å². The lowest BCUT2D eigenvalue weighted by Crippen LogP contribution is -2.39. The molecule has 2 aromatic rings. The van der Waals surface area contributed by atoms with Gasteiger partial charge in [0.25, 0.3) is 0 Å². The fourth-order valence-electron chi connectivity index (χ4n) is 3.10. The van der Waals surface area contributed by atoms with Gasteiger partial charge in [-0.2, -0.15) is 0 Å². The van der Waals surface area contributed by atoms with Crippen LogP contribution < -0.4 is 0 Å². The summed E-state index contributed by atoms with van der Waals surface area (Å²) in [5.41, 5.74) is 1.38. The van der Waals surface area contributed by atoms with Gasteiger partial charge in [0.2, 0.25) is 5.91 Å². The molecule has 0 aliphatic carbocycles. The molecule has 2 aromatic carbocycles. The molecule has 1 fully saturated rings. The molecule has 0 bridgehead atoms. The minimum atomic E-state index is -0.244. The summed E-state index contributed by atoms with van der Waals surface area (Å²) in [6.07, 6.45) is 3.25. The van der Waals surface area contributed by atoms with Gasteiger partial charge in [-0.3, -0.25) is 4.79 Å². The summed E-state index contributed by atoms with van der Waals surface area (Å²) in [7, 11) is 0. The molecule has 126 valence electrons. The molecule has 24 heavy (non-hydrogen) atoms. The molecule has 0 N–H and O–H groups in total. The van der Waals surface area contributed by atoms with Gasteiger partial charge in [-0.15, -0.1) is 11.8 Å². The molecule has 1 amide bonds. The molecule has 3 rings (SSSR count). The van der Waals surface area contributed by atoms with Crippen molar-refractivity contribution in [1.29, 1.82) is 0 Å². The highest BCUT2D eigenvalue weighted by Gasteiger charge is 2.22. The van der Waals surface area contributed by atoms with Crippen molar-refractivity contribution < 1.29 is 9.18 Å². The molecule has 4 heteroatoms. The smallest absolute Gasteiger partial charge is 0.232 e. The second-order valence-electron chi connectivity index (χ2n) is 6.26. The maximum absolute atomic E-state index is 12.9. The Balaban J connectivity index is 1.42. The summed E-state index contributed by atoms with van der Waals surface area (Å²) in [5.74, 6) is 1.03. The van der Waals surface area contributed by atoms with Gasteiger partial charge in [0.1, 0.15) is 5.82 Å². The van der Waals surface area contributed by atoms with E-state index in [1.54, 1.807) is 12.1 Å². The standard InChI is InChI=1S/C20H22FNOS/c21-18-6-8-19(9-7-18)24-15-20(23)22-12-10-17(11-13-22)14-16-4-2-1-3-5-16/h1-9,17H,10-15H2. The number of thioether (sulfide) groups is 1. The highest BCUT2D eigenvalue weighted by molar-refractivity contribution is 8.00. The third kappa shape index (κ3) is 4.84. The second kappa shape index (κ2) is 8.34. The Morgan fingerprint density at radius 2 is 1.71 bits per heavy atom. The summed E-state index contributed by atoms with van der Waals surface area (Å²) < 4.78 is 12.9. The van der Waals surface area contributed by atoms with Crippen LogP contribution in [0.3, 0.4) is 0 Å². The van der Waals surface area contributed by atoms with Crippen LogP contribution >= 0.6 is 11.8 Å². The average Bonchev–Trinajstić information content (AvgIpc) is 2.62. The molecule has 0 atom stereocenters. The first-order valence-corrected chi connectivity index (χ1v) is 9.39. The van der Waals surface area contributed by atoms with E-state index in [1.165, 1.54) is 29.5 Å². The van der Waals surface area contributed by atoms with E-state index in [1.807, 2.05) is 11.0 Å². The van der Waals surface area contributed by atoms with Crippen LogP contribution in [-0.4, -0.2) is 29.6 Å². The first-order valence-electron chi connectivity index (χ1n) is 8.41. The number of likely N-dealkylation sites (tertiary alicyclic amines) is 1. The van der Waals surface area contributed by atoms with Crippen molar-refractivity contribution in [3.63, 3.8) is 0 Å². The molecular weight excluding hydrogens is 321 g/mol. The van der Waals surface area contributed by atoms with Crippen LogP contribution in [-0.2, 0) is 11.2 Å². The normalized spacial score (nSPS) is 15.5. The number of benzene rings is 2. The van der Waals surface area contributed by atoms with Gasteiger partial charge in [0.05, 0.1) is 5.75 Å². The highest BCUT2D eigenvalue weighted by Crippen LogP contribution is 2.23. The monoisotopic (exact) mass is 343 g/mol. The van der Waals surface area contributed by atoms with Crippen molar-refractivity contribution in [2.45, 2.75) is 24.2 Å². The van der Waals surface area contributed by atoms with E-state index in [0.29, 0.717) is 11.7 Å². The summed E-state index contributed by atoms with van der Waals surface area (Å²) in [5, 5.41) is 0. The number of carbonyl (C=O) groups is 1. The van der Waals surface area contributed by atoms with Crippen LogP contribution in [0.2, 0.25) is 0 Å². The third-order valence-corrected chi connectivity index (χ3v) is 5.51. The van der Waals surface area contributed by atoms with Crippen molar-refractivity contribution in [2.75, 3.05) is 18.8 Å². The van der Waals surface area contributed by atoms with E-state index in [2.05, 4.69) is 24.3 Å². The van der Waals surface area contributed by atoms with Crippen molar-refractivity contribution >= 4 is 17.7 Å². The number of hydrogen-bond donors (Lipinski definition) is 0. The third-order valence-electron chi connectivity index (χ3n) is 4.51. The number of hydrogen-bond acceptors (Lipinski definition) is 2. The molecule has 0 spiro atoms. The van der Waals surface area contributed by atoms with E-state index >= 15 is 0 Å². The number of amides is 1. The Kier molecular flexibility index (Phi) is 5.91. The summed E-state index contributed by atoms with van der Waals surface area (Å²) >= 11 is 1.48. The molecule has 0 unspecified atom stereocenters. The molecule has 1 aliphatic heterocycles. The number of rotatable bonds is 5. The fourth-order valence-corrected chi connectivity index (χ4v) is 3.90. The maximum atomic E-state index is 12.9. The first-order chi connectivity index (χ1) is 11.7. The molecule has 1 aliphatic rings. The fraction of sp³-hybridized carbons (Fsp3) is 0.350. The Hall–Kier alpha value is -1.81. The number of halogens is 1. The Bertz CT molecular complexity index is 651. The molecule has 0 radical (unpaired) electrons. The van der Waals surface area contributed by atoms with Crippen LogP contribution in [0.4, 0.5) is 4.39 Å². The molecular formula is C20H22FNOS. The molecule has 1 saturated heterocycles. The van der Waals surface area contributed by atoms with Gasteiger partial charge in [-0.05, 0) is 55.0 Å². The minimum absolute atomic E-state index is 0.183. The molecule has 0 saturated carbocycles. The largest absolute Gasteiger partial charge is 0.342 e. The van der Waals surface area contributed by atoms with E-state index in [4.69, 9.17) is 0 Å². The summed E-state index contributed by atoms with van der Waals surface area (Å²) in [4.78, 5) is 15.2. The molecule has 0 aromatic heterocycles. The maximum Gasteiger partial charge on any atom is 0.232 e. The lowest BCUT2D eigenvalue weighted by Gasteiger charge is -2.32.